The normalized spacial score (nSPS) is 11.7. The number of rotatable bonds is 6. The fourth-order valence-corrected chi connectivity index (χ4v) is 3.87. The Labute approximate surface area is 155 Å². The van der Waals surface area contributed by atoms with Crippen molar-refractivity contribution in [3.05, 3.63) is 48.0 Å². The van der Waals surface area contributed by atoms with Gasteiger partial charge in [0.25, 0.3) is 16.0 Å². The Morgan fingerprint density at radius 1 is 1.22 bits per heavy atom. The molecule has 2 heterocycles. The van der Waals surface area contributed by atoms with Crippen molar-refractivity contribution in [3.63, 3.8) is 0 Å². The first-order chi connectivity index (χ1) is 12.7. The van der Waals surface area contributed by atoms with Gasteiger partial charge in [0, 0.05) is 29.4 Å². The molecule has 0 saturated carbocycles. The molecule has 6 nitrogen and oxygen atoms in total. The maximum Gasteiger partial charge on any atom is 0.265 e. The summed E-state index contributed by atoms with van der Waals surface area (Å²) in [6.45, 7) is -1.46. The molecule has 0 aliphatic rings. The lowest BCUT2D eigenvalue weighted by Crippen LogP contribution is -2.16. The summed E-state index contributed by atoms with van der Waals surface area (Å²) in [4.78, 5) is 2.68. The van der Waals surface area contributed by atoms with Crippen molar-refractivity contribution in [1.29, 1.82) is 0 Å². The number of benzene rings is 1. The van der Waals surface area contributed by atoms with Gasteiger partial charge >= 0.3 is 0 Å². The highest BCUT2D eigenvalue weighted by Crippen LogP contribution is 2.30. The third kappa shape index (κ3) is 3.65. The standard InChI is InChI=1S/C15H10ClF4N3O3S/c16-23-7-12(8-2-1-3-9(18)13(8)23)27(24,25)22-15-10(19)6-11(14(20)21-15)26-5-4-17/h1-3,6-7H,4-5H2,(H,21,22). The Kier molecular flexibility index (Phi) is 5.16. The van der Waals surface area contributed by atoms with E-state index in [1.807, 2.05) is 0 Å². The van der Waals surface area contributed by atoms with E-state index in [9.17, 15) is 26.0 Å². The minimum atomic E-state index is -4.50. The Hall–Kier alpha value is -2.53. The topological polar surface area (TPSA) is 73.2 Å². The van der Waals surface area contributed by atoms with Crippen molar-refractivity contribution >= 4 is 38.5 Å². The number of hydrogen-bond acceptors (Lipinski definition) is 4. The monoisotopic (exact) mass is 423 g/mol. The molecule has 144 valence electrons. The summed E-state index contributed by atoms with van der Waals surface area (Å²) in [5.41, 5.74) is -0.200. The number of sulfonamides is 1. The molecule has 0 unspecified atom stereocenters. The zero-order valence-electron chi connectivity index (χ0n) is 13.2. The summed E-state index contributed by atoms with van der Waals surface area (Å²) in [6.07, 6.45) is 0.907. The molecule has 3 aromatic rings. The van der Waals surface area contributed by atoms with Crippen LogP contribution in [0, 0.1) is 17.6 Å². The molecule has 0 atom stereocenters. The number of fused-ring (bicyclic) bond motifs is 1. The maximum absolute atomic E-state index is 14.1. The number of nitrogens with zero attached hydrogens (tertiary/aromatic N) is 2. The van der Waals surface area contributed by atoms with E-state index in [1.165, 1.54) is 12.1 Å². The highest BCUT2D eigenvalue weighted by atomic mass is 35.5. The number of alkyl halides is 1. The average molecular weight is 424 g/mol. The van der Waals surface area contributed by atoms with Gasteiger partial charge in [-0.2, -0.15) is 9.37 Å². The van der Waals surface area contributed by atoms with Gasteiger partial charge in [-0.25, -0.2) is 21.6 Å². The lowest BCUT2D eigenvalue weighted by atomic mass is 10.2. The fourth-order valence-electron chi connectivity index (χ4n) is 2.34. The SMILES string of the molecule is O=S(=O)(Nc1nc(F)c(OCCF)cc1F)c1cn(Cl)c2c(F)cccc12. The fraction of sp³-hybridized carbons (Fsp3) is 0.133. The van der Waals surface area contributed by atoms with Crippen molar-refractivity contribution in [1.82, 2.24) is 9.07 Å². The van der Waals surface area contributed by atoms with Gasteiger partial charge in [-0.1, -0.05) is 12.1 Å². The number of anilines is 1. The van der Waals surface area contributed by atoms with Crippen molar-refractivity contribution in [3.8, 4) is 5.75 Å². The van der Waals surface area contributed by atoms with Crippen molar-refractivity contribution < 1.29 is 30.7 Å². The van der Waals surface area contributed by atoms with Crippen molar-refractivity contribution in [2.75, 3.05) is 18.0 Å². The molecule has 0 saturated heterocycles. The molecule has 0 bridgehead atoms. The van der Waals surface area contributed by atoms with Crippen LogP contribution in [0.1, 0.15) is 0 Å². The van der Waals surface area contributed by atoms with E-state index in [2.05, 4.69) is 9.72 Å². The summed E-state index contributed by atoms with van der Waals surface area (Å²) < 4.78 is 86.0. The second kappa shape index (κ2) is 7.24. The molecule has 1 aromatic carbocycles. The molecule has 0 aliphatic carbocycles. The van der Waals surface area contributed by atoms with Crippen LogP contribution in [0.15, 0.2) is 35.4 Å². The smallest absolute Gasteiger partial charge is 0.265 e. The molecule has 27 heavy (non-hydrogen) atoms. The number of pyridine rings is 1. The average Bonchev–Trinajstić information content (AvgIpc) is 2.95. The van der Waals surface area contributed by atoms with E-state index in [4.69, 9.17) is 11.8 Å². The molecule has 0 spiro atoms. The highest BCUT2D eigenvalue weighted by molar-refractivity contribution is 7.93. The Balaban J connectivity index is 2.01. The molecule has 0 amide bonds. The summed E-state index contributed by atoms with van der Waals surface area (Å²) >= 11 is 5.81. The van der Waals surface area contributed by atoms with Crippen LogP contribution in [0.25, 0.3) is 10.9 Å². The molecule has 0 fully saturated rings. The molecule has 2 aromatic heterocycles. The summed E-state index contributed by atoms with van der Waals surface area (Å²) in [5.74, 6) is -4.99. The van der Waals surface area contributed by atoms with Crippen LogP contribution in [0.4, 0.5) is 23.4 Å². The van der Waals surface area contributed by atoms with Gasteiger partial charge < -0.3 is 4.74 Å². The van der Waals surface area contributed by atoms with Crippen LogP contribution in [0.3, 0.4) is 0 Å². The van der Waals surface area contributed by atoms with E-state index in [0.717, 1.165) is 16.3 Å². The third-order valence-corrected chi connectivity index (χ3v) is 5.08. The van der Waals surface area contributed by atoms with Crippen LogP contribution in [-0.2, 0) is 10.0 Å². The Morgan fingerprint density at radius 2 is 1.96 bits per heavy atom. The van der Waals surface area contributed by atoms with Gasteiger partial charge in [-0.05, 0) is 6.07 Å². The predicted molar refractivity (Wildman–Crippen MR) is 89.6 cm³/mol. The second-order valence-electron chi connectivity index (χ2n) is 5.19. The molecule has 12 heteroatoms. The molecule has 3 rings (SSSR count). The third-order valence-electron chi connectivity index (χ3n) is 3.45. The van der Waals surface area contributed by atoms with E-state index < -0.39 is 57.3 Å². The largest absolute Gasteiger partial charge is 0.486 e. The number of halogens is 5. The first-order valence-electron chi connectivity index (χ1n) is 7.28. The first-order valence-corrected chi connectivity index (χ1v) is 9.10. The van der Waals surface area contributed by atoms with Gasteiger partial charge in [0.05, 0.1) is 0 Å². The highest BCUT2D eigenvalue weighted by Gasteiger charge is 2.25. The van der Waals surface area contributed by atoms with Gasteiger partial charge in [-0.15, -0.1) is 0 Å². The minimum absolute atomic E-state index is 0.0683. The lowest BCUT2D eigenvalue weighted by molar-refractivity contribution is 0.258. The molecular formula is C15H10ClF4N3O3S. The maximum atomic E-state index is 14.1. The van der Waals surface area contributed by atoms with E-state index in [-0.39, 0.29) is 10.9 Å². The second-order valence-corrected chi connectivity index (χ2v) is 7.21. The quantitative estimate of drug-likeness (QED) is 0.485. The zero-order chi connectivity index (χ0) is 19.8. The number of nitrogens with one attached hydrogen (secondary N) is 1. The zero-order valence-corrected chi connectivity index (χ0v) is 14.8. The predicted octanol–water partition coefficient (Wildman–Crippen LogP) is 3.60. The number of para-hydroxylation sites is 1. The van der Waals surface area contributed by atoms with E-state index in [1.54, 1.807) is 4.72 Å². The summed E-state index contributed by atoms with van der Waals surface area (Å²) in [7, 11) is -4.50. The van der Waals surface area contributed by atoms with Gasteiger partial charge in [0.15, 0.2) is 17.4 Å². The number of hydrogen-bond donors (Lipinski definition) is 1. The molecule has 0 aliphatic heterocycles. The minimum Gasteiger partial charge on any atom is -0.486 e. The molecule has 0 radical (unpaired) electrons. The number of ether oxygens (including phenoxy) is 1. The van der Waals surface area contributed by atoms with Crippen molar-refractivity contribution in [2.45, 2.75) is 4.90 Å². The van der Waals surface area contributed by atoms with Gasteiger partial charge in [0.1, 0.15) is 29.5 Å². The molecular weight excluding hydrogens is 414 g/mol. The lowest BCUT2D eigenvalue weighted by Gasteiger charge is -2.10. The van der Waals surface area contributed by atoms with Crippen LogP contribution < -0.4 is 9.46 Å². The molecule has 1 N–H and O–H groups in total. The van der Waals surface area contributed by atoms with Crippen LogP contribution in [-0.4, -0.2) is 30.8 Å². The van der Waals surface area contributed by atoms with E-state index in [0.29, 0.717) is 6.07 Å². The van der Waals surface area contributed by atoms with Crippen LogP contribution >= 0.6 is 11.8 Å². The van der Waals surface area contributed by atoms with Crippen LogP contribution in [0.5, 0.6) is 5.75 Å². The van der Waals surface area contributed by atoms with Crippen molar-refractivity contribution in [2.24, 2.45) is 0 Å². The van der Waals surface area contributed by atoms with Crippen LogP contribution in [0.2, 0.25) is 0 Å². The van der Waals surface area contributed by atoms with Gasteiger partial charge in [0.2, 0.25) is 0 Å². The Bertz CT molecular complexity index is 1120. The Morgan fingerprint density at radius 3 is 2.67 bits per heavy atom. The number of aromatic nitrogens is 2. The summed E-state index contributed by atoms with van der Waals surface area (Å²) in [6, 6.07) is 4.17. The van der Waals surface area contributed by atoms with E-state index >= 15 is 0 Å². The first kappa shape index (κ1) is 19.2. The van der Waals surface area contributed by atoms with Gasteiger partial charge in [-0.3, -0.25) is 8.81 Å². The summed E-state index contributed by atoms with van der Waals surface area (Å²) in [5, 5.41) is -0.0683.